The average molecular weight is 446 g/mol. The molecule has 0 saturated carbocycles. The Labute approximate surface area is 190 Å². The molecule has 1 saturated heterocycles. The summed E-state index contributed by atoms with van der Waals surface area (Å²) in [6.07, 6.45) is 2.71. The fourth-order valence-corrected chi connectivity index (χ4v) is 4.09. The highest BCUT2D eigenvalue weighted by Crippen LogP contribution is 2.33. The zero-order valence-electron chi connectivity index (χ0n) is 19.2. The van der Waals surface area contributed by atoms with Crippen LogP contribution in [-0.2, 0) is 14.3 Å². The normalized spacial score (nSPS) is 17.6. The second-order valence-electron chi connectivity index (χ2n) is 8.09. The lowest BCUT2D eigenvalue weighted by Gasteiger charge is -2.36. The van der Waals surface area contributed by atoms with Crippen molar-refractivity contribution in [2.45, 2.75) is 26.2 Å². The molecule has 8 nitrogen and oxygen atoms in total. The number of β-amino-alcohol motifs (C(OH)–C–C–N with tert-alkyl or cyclic N) is 1. The van der Waals surface area contributed by atoms with E-state index in [0.717, 1.165) is 31.5 Å². The first-order chi connectivity index (χ1) is 15.6. The number of nitrogens with zero attached hydrogens (tertiary/aromatic N) is 3. The number of imide groups is 1. The summed E-state index contributed by atoms with van der Waals surface area (Å²) in [4.78, 5) is 32.3. The number of ether oxygens (including phenoxy) is 2. The zero-order chi connectivity index (χ0) is 22.9. The van der Waals surface area contributed by atoms with Crippen molar-refractivity contribution >= 4 is 17.4 Å². The molecule has 2 amide bonds. The van der Waals surface area contributed by atoms with E-state index in [2.05, 4.69) is 11.8 Å². The maximum atomic E-state index is 13.4. The van der Waals surface area contributed by atoms with Crippen molar-refractivity contribution in [3.63, 3.8) is 0 Å². The van der Waals surface area contributed by atoms with Gasteiger partial charge in [-0.15, -0.1) is 0 Å². The quantitative estimate of drug-likeness (QED) is 0.386. The SMILES string of the molecule is CCCCOCCCN1C(=O)C(c2ccc(OC)cc2)=C(N2CCN(CCO)CC2)C1=O. The molecule has 0 bridgehead atoms. The molecule has 0 unspecified atom stereocenters. The van der Waals surface area contributed by atoms with Crippen LogP contribution < -0.4 is 4.74 Å². The van der Waals surface area contributed by atoms with Crippen molar-refractivity contribution in [1.82, 2.24) is 14.7 Å². The van der Waals surface area contributed by atoms with Crippen molar-refractivity contribution < 1.29 is 24.2 Å². The van der Waals surface area contributed by atoms with Crippen LogP contribution in [-0.4, -0.2) is 97.8 Å². The fraction of sp³-hybridized carbons (Fsp3) is 0.583. The van der Waals surface area contributed by atoms with Crippen molar-refractivity contribution in [1.29, 1.82) is 0 Å². The number of methoxy groups -OCH3 is 1. The first-order valence-corrected chi connectivity index (χ1v) is 11.5. The Balaban J connectivity index is 1.78. The molecule has 3 rings (SSSR count). The average Bonchev–Trinajstić information content (AvgIpc) is 3.06. The van der Waals surface area contributed by atoms with Crippen LogP contribution in [0.3, 0.4) is 0 Å². The molecular weight excluding hydrogens is 410 g/mol. The minimum atomic E-state index is -0.249. The van der Waals surface area contributed by atoms with Gasteiger partial charge in [0.1, 0.15) is 11.4 Å². The highest BCUT2D eigenvalue weighted by Gasteiger charge is 2.41. The van der Waals surface area contributed by atoms with Gasteiger partial charge >= 0.3 is 0 Å². The molecule has 0 atom stereocenters. The summed E-state index contributed by atoms with van der Waals surface area (Å²) in [5, 5.41) is 9.20. The summed E-state index contributed by atoms with van der Waals surface area (Å²) in [6, 6.07) is 7.28. The lowest BCUT2D eigenvalue weighted by Crippen LogP contribution is -2.48. The third kappa shape index (κ3) is 5.68. The molecular formula is C24H35N3O5. The van der Waals surface area contributed by atoms with Crippen LogP contribution in [0.25, 0.3) is 5.57 Å². The summed E-state index contributed by atoms with van der Waals surface area (Å²) in [5.41, 5.74) is 1.66. The van der Waals surface area contributed by atoms with Gasteiger partial charge < -0.3 is 19.5 Å². The van der Waals surface area contributed by atoms with Gasteiger partial charge in [-0.1, -0.05) is 25.5 Å². The van der Waals surface area contributed by atoms with E-state index in [1.165, 1.54) is 4.90 Å². The molecule has 0 aromatic heterocycles. The summed E-state index contributed by atoms with van der Waals surface area (Å²) in [5.74, 6) is 0.220. The summed E-state index contributed by atoms with van der Waals surface area (Å²) in [7, 11) is 1.60. The van der Waals surface area contributed by atoms with Gasteiger partial charge in [0.15, 0.2) is 0 Å². The molecule has 2 heterocycles. The van der Waals surface area contributed by atoms with Crippen LogP contribution in [0.5, 0.6) is 5.75 Å². The summed E-state index contributed by atoms with van der Waals surface area (Å²) < 4.78 is 10.8. The van der Waals surface area contributed by atoms with Gasteiger partial charge in [0, 0.05) is 52.5 Å². The van der Waals surface area contributed by atoms with E-state index in [4.69, 9.17) is 9.47 Å². The first kappa shape index (κ1) is 24.2. The number of unbranched alkanes of at least 4 members (excludes halogenated alkanes) is 1. The first-order valence-electron chi connectivity index (χ1n) is 11.5. The van der Waals surface area contributed by atoms with Crippen molar-refractivity contribution in [3.05, 3.63) is 35.5 Å². The van der Waals surface area contributed by atoms with E-state index in [9.17, 15) is 14.7 Å². The Morgan fingerprint density at radius 3 is 2.25 bits per heavy atom. The van der Waals surface area contributed by atoms with E-state index in [1.54, 1.807) is 19.2 Å². The van der Waals surface area contributed by atoms with Crippen molar-refractivity contribution in [3.8, 4) is 5.75 Å². The van der Waals surface area contributed by atoms with Crippen LogP contribution in [0, 0.1) is 0 Å². The summed E-state index contributed by atoms with van der Waals surface area (Å²) >= 11 is 0. The fourth-order valence-electron chi connectivity index (χ4n) is 4.09. The molecule has 2 aliphatic heterocycles. The van der Waals surface area contributed by atoms with Gasteiger partial charge in [0.2, 0.25) is 0 Å². The topological polar surface area (TPSA) is 82.6 Å². The van der Waals surface area contributed by atoms with Crippen LogP contribution in [0.4, 0.5) is 0 Å². The van der Waals surface area contributed by atoms with E-state index >= 15 is 0 Å². The number of hydrogen-bond donors (Lipinski definition) is 1. The van der Waals surface area contributed by atoms with E-state index in [0.29, 0.717) is 62.8 Å². The standard InChI is InChI=1S/C24H35N3O5/c1-3-4-17-32-18-5-10-27-23(29)21(19-6-8-20(31-2)9-7-19)22(24(27)30)26-13-11-25(12-14-26)15-16-28/h6-9,28H,3-5,10-18H2,1-2H3. The van der Waals surface area contributed by atoms with Gasteiger partial charge in [0.25, 0.3) is 11.8 Å². The van der Waals surface area contributed by atoms with Gasteiger partial charge in [-0.25, -0.2) is 0 Å². The number of aliphatic hydroxyl groups excluding tert-OH is 1. The number of benzene rings is 1. The Hall–Kier alpha value is -2.42. The second kappa shape index (κ2) is 12.0. The van der Waals surface area contributed by atoms with Crippen LogP contribution in [0.15, 0.2) is 30.0 Å². The summed E-state index contributed by atoms with van der Waals surface area (Å²) in [6.45, 7) is 7.20. The molecule has 0 spiro atoms. The third-order valence-corrected chi connectivity index (χ3v) is 5.94. The lowest BCUT2D eigenvalue weighted by molar-refractivity contribution is -0.137. The Morgan fingerprint density at radius 1 is 0.938 bits per heavy atom. The number of carbonyl (C=O) groups is 2. The van der Waals surface area contributed by atoms with Gasteiger partial charge in [0.05, 0.1) is 19.3 Å². The molecule has 1 aromatic rings. The molecule has 1 aromatic carbocycles. The minimum absolute atomic E-state index is 0.116. The highest BCUT2D eigenvalue weighted by molar-refractivity contribution is 6.35. The molecule has 0 radical (unpaired) electrons. The molecule has 1 N–H and O–H groups in total. The largest absolute Gasteiger partial charge is 0.497 e. The lowest BCUT2D eigenvalue weighted by atomic mass is 10.0. The van der Waals surface area contributed by atoms with Crippen LogP contribution in [0.1, 0.15) is 31.7 Å². The number of rotatable bonds is 12. The number of aliphatic hydroxyl groups is 1. The van der Waals surface area contributed by atoms with E-state index in [-0.39, 0.29) is 18.4 Å². The second-order valence-corrected chi connectivity index (χ2v) is 8.09. The van der Waals surface area contributed by atoms with Crippen LogP contribution >= 0.6 is 0 Å². The third-order valence-electron chi connectivity index (χ3n) is 5.94. The van der Waals surface area contributed by atoms with E-state index < -0.39 is 0 Å². The van der Waals surface area contributed by atoms with Crippen molar-refractivity contribution in [2.75, 3.05) is 66.2 Å². The predicted molar refractivity (Wildman–Crippen MR) is 122 cm³/mol. The predicted octanol–water partition coefficient (Wildman–Crippen LogP) is 1.59. The van der Waals surface area contributed by atoms with Gasteiger partial charge in [-0.05, 0) is 30.5 Å². The van der Waals surface area contributed by atoms with E-state index in [1.807, 2.05) is 17.0 Å². The van der Waals surface area contributed by atoms with Crippen molar-refractivity contribution in [2.24, 2.45) is 0 Å². The number of piperazine rings is 1. The highest BCUT2D eigenvalue weighted by atomic mass is 16.5. The number of carbonyl (C=O) groups excluding carboxylic acids is 2. The number of amides is 2. The molecule has 1 fully saturated rings. The Bertz CT molecular complexity index is 800. The molecule has 0 aliphatic carbocycles. The molecule has 176 valence electrons. The maximum Gasteiger partial charge on any atom is 0.277 e. The monoisotopic (exact) mass is 445 g/mol. The Morgan fingerprint density at radius 2 is 1.62 bits per heavy atom. The molecule has 32 heavy (non-hydrogen) atoms. The minimum Gasteiger partial charge on any atom is -0.497 e. The molecule has 8 heteroatoms. The van der Waals surface area contributed by atoms with Gasteiger partial charge in [-0.3, -0.25) is 19.4 Å². The van der Waals surface area contributed by atoms with Crippen LogP contribution in [0.2, 0.25) is 0 Å². The number of hydrogen-bond acceptors (Lipinski definition) is 7. The Kier molecular flexibility index (Phi) is 9.08. The maximum absolute atomic E-state index is 13.4. The smallest absolute Gasteiger partial charge is 0.277 e. The zero-order valence-corrected chi connectivity index (χ0v) is 19.2. The van der Waals surface area contributed by atoms with Gasteiger partial charge in [-0.2, -0.15) is 0 Å². The molecule has 2 aliphatic rings.